The van der Waals surface area contributed by atoms with E-state index >= 15 is 0 Å². The molecule has 0 aliphatic carbocycles. The van der Waals surface area contributed by atoms with E-state index in [-0.39, 0.29) is 0 Å². The Bertz CT molecular complexity index is 418. The molecule has 1 fully saturated rings. The number of rotatable bonds is 7. The number of nitrogens with one attached hydrogen (secondary N) is 1. The van der Waals surface area contributed by atoms with Crippen LogP contribution in [0.2, 0.25) is 0 Å². The molecule has 1 aliphatic heterocycles. The number of nitrogens with zero attached hydrogens (tertiary/aromatic N) is 1. The largest absolute Gasteiger partial charge is 0.341 e. The zero-order valence-corrected chi connectivity index (χ0v) is 13.2. The Morgan fingerprint density at radius 3 is 2.90 bits per heavy atom. The minimum Gasteiger partial charge on any atom is -0.341 e. The molecule has 0 spiro atoms. The van der Waals surface area contributed by atoms with Crippen LogP contribution in [0.5, 0.6) is 0 Å². The molecule has 0 bridgehead atoms. The van der Waals surface area contributed by atoms with Crippen LogP contribution in [0.3, 0.4) is 0 Å². The average Bonchev–Trinajstić information content (AvgIpc) is 2.54. The molecule has 2 rings (SSSR count). The van der Waals surface area contributed by atoms with Gasteiger partial charge >= 0.3 is 0 Å². The average molecular weight is 288 g/mol. The molecule has 1 aromatic rings. The van der Waals surface area contributed by atoms with Gasteiger partial charge in [0.2, 0.25) is 5.91 Å². The molecular weight excluding hydrogens is 260 g/mol. The van der Waals surface area contributed by atoms with Crippen molar-refractivity contribution in [1.29, 1.82) is 0 Å². The van der Waals surface area contributed by atoms with Gasteiger partial charge in [-0.25, -0.2) is 0 Å². The zero-order valence-electron chi connectivity index (χ0n) is 13.2. The van der Waals surface area contributed by atoms with Crippen molar-refractivity contribution in [2.45, 2.75) is 51.5 Å². The van der Waals surface area contributed by atoms with Crippen LogP contribution in [0.25, 0.3) is 0 Å². The fraction of sp³-hybridized carbons (Fsp3) is 0.611. The molecule has 0 aromatic heterocycles. The van der Waals surface area contributed by atoms with Crippen LogP contribution in [0.1, 0.15) is 44.6 Å². The van der Waals surface area contributed by atoms with Gasteiger partial charge in [-0.2, -0.15) is 0 Å². The van der Waals surface area contributed by atoms with Crippen molar-refractivity contribution in [2.75, 3.05) is 19.6 Å². The van der Waals surface area contributed by atoms with E-state index in [9.17, 15) is 4.79 Å². The van der Waals surface area contributed by atoms with Gasteiger partial charge in [0.25, 0.3) is 0 Å². The first-order valence-electron chi connectivity index (χ1n) is 8.34. The van der Waals surface area contributed by atoms with Crippen molar-refractivity contribution in [3.05, 3.63) is 35.9 Å². The van der Waals surface area contributed by atoms with E-state index < -0.39 is 0 Å². The molecule has 21 heavy (non-hydrogen) atoms. The number of benzene rings is 1. The lowest BCUT2D eigenvalue weighted by Crippen LogP contribution is -2.48. The normalized spacial score (nSPS) is 18.7. The second-order valence-corrected chi connectivity index (χ2v) is 5.97. The van der Waals surface area contributed by atoms with Crippen molar-refractivity contribution in [1.82, 2.24) is 10.2 Å². The van der Waals surface area contributed by atoms with E-state index in [1.807, 2.05) is 6.07 Å². The van der Waals surface area contributed by atoms with Crippen LogP contribution >= 0.6 is 0 Å². The second-order valence-electron chi connectivity index (χ2n) is 5.97. The molecule has 1 unspecified atom stereocenters. The summed E-state index contributed by atoms with van der Waals surface area (Å²) in [6.45, 7) is 5.07. The Kier molecular flexibility index (Phi) is 6.74. The maximum atomic E-state index is 12.3. The lowest BCUT2D eigenvalue weighted by molar-refractivity contribution is -0.132. The van der Waals surface area contributed by atoms with E-state index in [2.05, 4.69) is 41.4 Å². The molecule has 1 aromatic carbocycles. The van der Waals surface area contributed by atoms with Crippen LogP contribution in [-0.2, 0) is 11.2 Å². The van der Waals surface area contributed by atoms with Crippen LogP contribution in [0, 0.1) is 0 Å². The Morgan fingerprint density at radius 2 is 2.14 bits per heavy atom. The van der Waals surface area contributed by atoms with Crippen molar-refractivity contribution in [2.24, 2.45) is 0 Å². The van der Waals surface area contributed by atoms with Gasteiger partial charge in [-0.3, -0.25) is 4.79 Å². The topological polar surface area (TPSA) is 32.3 Å². The number of likely N-dealkylation sites (tertiary alicyclic amines) is 1. The summed E-state index contributed by atoms with van der Waals surface area (Å²) in [7, 11) is 0. The number of aryl methyl sites for hydroxylation is 1. The van der Waals surface area contributed by atoms with Gasteiger partial charge in [-0.1, -0.05) is 37.3 Å². The summed E-state index contributed by atoms with van der Waals surface area (Å²) in [5.74, 6) is 0.328. The van der Waals surface area contributed by atoms with Crippen LogP contribution < -0.4 is 5.32 Å². The van der Waals surface area contributed by atoms with Gasteiger partial charge in [0.15, 0.2) is 0 Å². The van der Waals surface area contributed by atoms with E-state index in [1.54, 1.807) is 0 Å². The van der Waals surface area contributed by atoms with Gasteiger partial charge in [0.1, 0.15) is 0 Å². The highest BCUT2D eigenvalue weighted by Gasteiger charge is 2.22. The van der Waals surface area contributed by atoms with E-state index in [0.717, 1.165) is 45.3 Å². The molecule has 1 heterocycles. The van der Waals surface area contributed by atoms with Crippen LogP contribution in [0.4, 0.5) is 0 Å². The van der Waals surface area contributed by atoms with Gasteiger partial charge in [-0.05, 0) is 44.2 Å². The first kappa shape index (κ1) is 16.0. The van der Waals surface area contributed by atoms with E-state index in [4.69, 9.17) is 0 Å². The van der Waals surface area contributed by atoms with Crippen LogP contribution in [0.15, 0.2) is 30.3 Å². The van der Waals surface area contributed by atoms with Crippen molar-refractivity contribution >= 4 is 5.91 Å². The zero-order chi connectivity index (χ0) is 14.9. The molecular formula is C18H28N2O. The first-order valence-corrected chi connectivity index (χ1v) is 8.34. The molecule has 1 saturated heterocycles. The summed E-state index contributed by atoms with van der Waals surface area (Å²) >= 11 is 0. The van der Waals surface area contributed by atoms with Gasteiger partial charge < -0.3 is 10.2 Å². The molecule has 1 amide bonds. The predicted molar refractivity (Wildman–Crippen MR) is 87.3 cm³/mol. The second kappa shape index (κ2) is 8.83. The summed E-state index contributed by atoms with van der Waals surface area (Å²) in [6, 6.07) is 10.9. The highest BCUT2D eigenvalue weighted by Crippen LogP contribution is 2.13. The smallest absolute Gasteiger partial charge is 0.222 e. The van der Waals surface area contributed by atoms with E-state index in [1.165, 1.54) is 12.0 Å². The van der Waals surface area contributed by atoms with E-state index in [0.29, 0.717) is 18.4 Å². The highest BCUT2D eigenvalue weighted by atomic mass is 16.2. The third-order valence-corrected chi connectivity index (χ3v) is 4.16. The van der Waals surface area contributed by atoms with Gasteiger partial charge in [-0.15, -0.1) is 0 Å². The summed E-state index contributed by atoms with van der Waals surface area (Å²) in [5, 5.41) is 3.54. The first-order chi connectivity index (χ1) is 10.3. The summed E-state index contributed by atoms with van der Waals surface area (Å²) < 4.78 is 0. The maximum absolute atomic E-state index is 12.3. The van der Waals surface area contributed by atoms with Crippen LogP contribution in [-0.4, -0.2) is 36.5 Å². The number of hydrogen-bond donors (Lipinski definition) is 1. The molecule has 116 valence electrons. The van der Waals surface area contributed by atoms with Gasteiger partial charge in [0, 0.05) is 25.6 Å². The van der Waals surface area contributed by atoms with Crippen molar-refractivity contribution in [3.63, 3.8) is 0 Å². The van der Waals surface area contributed by atoms with Gasteiger partial charge in [0.05, 0.1) is 0 Å². The summed E-state index contributed by atoms with van der Waals surface area (Å²) in [6.07, 6.45) is 6.11. The molecule has 1 atom stereocenters. The number of carbonyl (C=O) groups is 1. The number of carbonyl (C=O) groups excluding carboxylic acids is 1. The molecule has 3 nitrogen and oxygen atoms in total. The SMILES string of the molecule is CCCNC1CCCN(C(=O)CCCc2ccccc2)C1. The third-order valence-electron chi connectivity index (χ3n) is 4.16. The fourth-order valence-electron chi connectivity index (χ4n) is 2.97. The molecule has 3 heteroatoms. The lowest BCUT2D eigenvalue weighted by Gasteiger charge is -2.33. The van der Waals surface area contributed by atoms with Crippen molar-refractivity contribution < 1.29 is 4.79 Å². The minimum atomic E-state index is 0.328. The molecule has 0 saturated carbocycles. The van der Waals surface area contributed by atoms with Crippen molar-refractivity contribution in [3.8, 4) is 0 Å². The lowest BCUT2D eigenvalue weighted by atomic mass is 10.0. The standard InChI is InChI=1S/C18H28N2O/c1-2-13-19-17-11-7-14-20(15-17)18(21)12-6-10-16-8-4-3-5-9-16/h3-5,8-9,17,19H,2,6-7,10-15H2,1H3. The highest BCUT2D eigenvalue weighted by molar-refractivity contribution is 5.76. The molecule has 1 N–H and O–H groups in total. The third kappa shape index (κ3) is 5.50. The molecule has 0 radical (unpaired) electrons. The summed E-state index contributed by atoms with van der Waals surface area (Å²) in [5.41, 5.74) is 1.33. The Labute approximate surface area is 128 Å². The quantitative estimate of drug-likeness (QED) is 0.836. The predicted octanol–water partition coefficient (Wildman–Crippen LogP) is 3.00. The summed E-state index contributed by atoms with van der Waals surface area (Å²) in [4.78, 5) is 14.4. The maximum Gasteiger partial charge on any atom is 0.222 e. The number of hydrogen-bond acceptors (Lipinski definition) is 2. The Morgan fingerprint density at radius 1 is 1.33 bits per heavy atom. The monoisotopic (exact) mass is 288 g/mol. The number of piperidine rings is 1. The Balaban J connectivity index is 1.70. The fourth-order valence-corrected chi connectivity index (χ4v) is 2.97. The molecule has 1 aliphatic rings. The Hall–Kier alpha value is -1.35. The number of amides is 1. The minimum absolute atomic E-state index is 0.328.